The van der Waals surface area contributed by atoms with E-state index >= 15 is 0 Å². The van der Waals surface area contributed by atoms with Gasteiger partial charge in [0, 0.05) is 45.2 Å². The first-order valence-corrected chi connectivity index (χ1v) is 10.4. The van der Waals surface area contributed by atoms with Crippen molar-refractivity contribution >= 4 is 17.7 Å². The van der Waals surface area contributed by atoms with E-state index in [2.05, 4.69) is 10.3 Å². The second kappa shape index (κ2) is 9.77. The van der Waals surface area contributed by atoms with Crippen LogP contribution in [0.3, 0.4) is 0 Å². The second-order valence-corrected chi connectivity index (χ2v) is 7.66. The lowest BCUT2D eigenvalue weighted by Gasteiger charge is -2.40. The molecular formula is C21H30N4O5. The van der Waals surface area contributed by atoms with E-state index in [4.69, 9.17) is 9.47 Å². The molecule has 1 aliphatic carbocycles. The van der Waals surface area contributed by atoms with E-state index in [1.807, 2.05) is 0 Å². The predicted octanol–water partition coefficient (Wildman–Crippen LogP) is 1.08. The molecule has 3 rings (SSSR count). The highest BCUT2D eigenvalue weighted by Gasteiger charge is 2.37. The van der Waals surface area contributed by atoms with E-state index in [0.717, 1.165) is 25.7 Å². The van der Waals surface area contributed by atoms with Crippen LogP contribution in [-0.2, 0) is 9.59 Å². The first-order valence-electron chi connectivity index (χ1n) is 10.4. The van der Waals surface area contributed by atoms with Gasteiger partial charge < -0.3 is 24.6 Å². The normalized spacial score (nSPS) is 22.6. The Kier molecular flexibility index (Phi) is 7.12. The van der Waals surface area contributed by atoms with Gasteiger partial charge in [0.2, 0.25) is 23.6 Å². The van der Waals surface area contributed by atoms with E-state index < -0.39 is 0 Å². The number of amides is 3. The lowest BCUT2D eigenvalue weighted by Crippen LogP contribution is -2.55. The molecule has 0 bridgehead atoms. The Morgan fingerprint density at radius 2 is 1.87 bits per heavy atom. The van der Waals surface area contributed by atoms with Crippen molar-refractivity contribution in [3.8, 4) is 11.8 Å². The molecule has 0 aromatic carbocycles. The van der Waals surface area contributed by atoms with Gasteiger partial charge in [-0.05, 0) is 18.9 Å². The maximum Gasteiger partial charge on any atom is 0.259 e. The maximum absolute atomic E-state index is 13.2. The van der Waals surface area contributed by atoms with Gasteiger partial charge in [0.1, 0.15) is 5.56 Å². The summed E-state index contributed by atoms with van der Waals surface area (Å²) < 4.78 is 10.4. The quantitative estimate of drug-likeness (QED) is 0.788. The molecule has 1 N–H and O–H groups in total. The SMILES string of the molecule is COc1ccc(C(=O)N2CCNC(=O)C3CCCCC3N(C(C)=O)CC2)c(OC)n1. The minimum Gasteiger partial charge on any atom is -0.481 e. The van der Waals surface area contributed by atoms with Gasteiger partial charge in [0.25, 0.3) is 5.91 Å². The molecule has 164 valence electrons. The van der Waals surface area contributed by atoms with Crippen LogP contribution >= 0.6 is 0 Å². The zero-order valence-electron chi connectivity index (χ0n) is 17.8. The molecule has 2 unspecified atom stereocenters. The summed E-state index contributed by atoms with van der Waals surface area (Å²) in [5, 5.41) is 2.96. The summed E-state index contributed by atoms with van der Waals surface area (Å²) in [5.41, 5.74) is 0.312. The van der Waals surface area contributed by atoms with Crippen molar-refractivity contribution in [2.45, 2.75) is 38.6 Å². The number of carbonyl (C=O) groups is 3. The third-order valence-corrected chi connectivity index (χ3v) is 5.92. The Hall–Kier alpha value is -2.84. The van der Waals surface area contributed by atoms with Crippen molar-refractivity contribution in [3.05, 3.63) is 17.7 Å². The topological polar surface area (TPSA) is 101 Å². The lowest BCUT2D eigenvalue weighted by molar-refractivity contribution is -0.137. The fourth-order valence-electron chi connectivity index (χ4n) is 4.36. The average molecular weight is 418 g/mol. The number of hydrogen-bond donors (Lipinski definition) is 1. The highest BCUT2D eigenvalue weighted by molar-refractivity contribution is 5.96. The summed E-state index contributed by atoms with van der Waals surface area (Å²) in [7, 11) is 2.94. The Morgan fingerprint density at radius 3 is 2.57 bits per heavy atom. The van der Waals surface area contributed by atoms with Crippen molar-refractivity contribution in [3.63, 3.8) is 0 Å². The fraction of sp³-hybridized carbons (Fsp3) is 0.619. The van der Waals surface area contributed by atoms with E-state index in [1.165, 1.54) is 21.1 Å². The largest absolute Gasteiger partial charge is 0.481 e. The number of carbonyl (C=O) groups excluding carboxylic acids is 3. The van der Waals surface area contributed by atoms with Crippen LogP contribution in [0.4, 0.5) is 0 Å². The molecule has 9 nitrogen and oxygen atoms in total. The summed E-state index contributed by atoms with van der Waals surface area (Å²) >= 11 is 0. The Labute approximate surface area is 176 Å². The zero-order chi connectivity index (χ0) is 21.7. The van der Waals surface area contributed by atoms with Crippen molar-refractivity contribution in [2.75, 3.05) is 40.4 Å². The van der Waals surface area contributed by atoms with Crippen molar-refractivity contribution in [2.24, 2.45) is 5.92 Å². The smallest absolute Gasteiger partial charge is 0.259 e. The van der Waals surface area contributed by atoms with Crippen molar-refractivity contribution < 1.29 is 23.9 Å². The van der Waals surface area contributed by atoms with Crippen LogP contribution in [-0.4, -0.2) is 78.9 Å². The molecule has 0 radical (unpaired) electrons. The highest BCUT2D eigenvalue weighted by atomic mass is 16.5. The molecule has 2 atom stereocenters. The molecule has 2 heterocycles. The molecule has 3 amide bonds. The Bertz CT molecular complexity index is 800. The molecule has 1 aromatic rings. The van der Waals surface area contributed by atoms with Gasteiger partial charge in [-0.15, -0.1) is 0 Å². The monoisotopic (exact) mass is 418 g/mol. The number of rotatable bonds is 3. The predicted molar refractivity (Wildman–Crippen MR) is 109 cm³/mol. The average Bonchev–Trinajstić information content (AvgIpc) is 2.76. The van der Waals surface area contributed by atoms with Crippen LogP contribution in [0.15, 0.2) is 12.1 Å². The number of nitrogens with zero attached hydrogens (tertiary/aromatic N) is 3. The molecule has 1 aromatic heterocycles. The van der Waals surface area contributed by atoms with E-state index in [9.17, 15) is 14.4 Å². The van der Waals surface area contributed by atoms with Gasteiger partial charge in [0.15, 0.2) is 0 Å². The van der Waals surface area contributed by atoms with Gasteiger partial charge in [-0.1, -0.05) is 12.8 Å². The lowest BCUT2D eigenvalue weighted by atomic mass is 9.82. The number of aromatic nitrogens is 1. The van der Waals surface area contributed by atoms with Gasteiger partial charge in [-0.3, -0.25) is 14.4 Å². The molecule has 0 spiro atoms. The Balaban J connectivity index is 1.84. The van der Waals surface area contributed by atoms with Crippen LogP contribution in [0.25, 0.3) is 0 Å². The number of nitrogens with one attached hydrogen (secondary N) is 1. The van der Waals surface area contributed by atoms with Crippen LogP contribution in [0.1, 0.15) is 43.0 Å². The fourth-order valence-corrected chi connectivity index (χ4v) is 4.36. The van der Waals surface area contributed by atoms with Crippen LogP contribution in [0.2, 0.25) is 0 Å². The number of fused-ring (bicyclic) bond motifs is 1. The Morgan fingerprint density at radius 1 is 1.10 bits per heavy atom. The molecule has 1 aliphatic heterocycles. The molecule has 2 fully saturated rings. The van der Waals surface area contributed by atoms with Crippen LogP contribution < -0.4 is 14.8 Å². The molecular weight excluding hydrogens is 388 g/mol. The molecule has 2 aliphatic rings. The first-order chi connectivity index (χ1) is 14.5. The van der Waals surface area contributed by atoms with Gasteiger partial charge in [-0.2, -0.15) is 4.98 Å². The standard InChI is InChI=1S/C21H30N4O5/c1-14(26)25-13-12-24(11-10-22-19(27)15-6-4-5-7-17(15)25)21(28)16-8-9-18(29-2)23-20(16)30-3/h8-9,15,17H,4-7,10-13H2,1-3H3,(H,22,27). The van der Waals surface area contributed by atoms with E-state index in [1.54, 1.807) is 21.9 Å². The van der Waals surface area contributed by atoms with Crippen LogP contribution in [0.5, 0.6) is 11.8 Å². The van der Waals surface area contributed by atoms with Crippen LogP contribution in [0, 0.1) is 5.92 Å². The van der Waals surface area contributed by atoms with Gasteiger partial charge in [0.05, 0.1) is 20.1 Å². The minimum absolute atomic E-state index is 0.0380. The third-order valence-electron chi connectivity index (χ3n) is 5.92. The zero-order valence-corrected chi connectivity index (χ0v) is 17.8. The second-order valence-electron chi connectivity index (χ2n) is 7.66. The van der Waals surface area contributed by atoms with Gasteiger partial charge in [-0.25, -0.2) is 0 Å². The molecule has 30 heavy (non-hydrogen) atoms. The molecule has 1 saturated heterocycles. The summed E-state index contributed by atoms with van der Waals surface area (Å²) in [6.45, 7) is 2.98. The summed E-state index contributed by atoms with van der Waals surface area (Å²) in [5.74, 6) is -0.0319. The summed E-state index contributed by atoms with van der Waals surface area (Å²) in [6, 6.07) is 3.10. The summed E-state index contributed by atoms with van der Waals surface area (Å²) in [4.78, 5) is 46.0. The number of ether oxygens (including phenoxy) is 2. The molecule has 1 saturated carbocycles. The summed E-state index contributed by atoms with van der Waals surface area (Å²) in [6.07, 6.45) is 3.59. The number of hydrogen-bond acceptors (Lipinski definition) is 6. The number of methoxy groups -OCH3 is 2. The third kappa shape index (κ3) is 4.66. The van der Waals surface area contributed by atoms with Gasteiger partial charge >= 0.3 is 0 Å². The minimum atomic E-state index is -0.263. The number of pyridine rings is 1. The first kappa shape index (κ1) is 21.9. The van der Waals surface area contributed by atoms with Crippen molar-refractivity contribution in [1.82, 2.24) is 20.1 Å². The highest BCUT2D eigenvalue weighted by Crippen LogP contribution is 2.29. The van der Waals surface area contributed by atoms with E-state index in [0.29, 0.717) is 37.6 Å². The van der Waals surface area contributed by atoms with E-state index in [-0.39, 0.29) is 35.6 Å². The maximum atomic E-state index is 13.2. The molecule has 9 heteroatoms. The van der Waals surface area contributed by atoms with Crippen molar-refractivity contribution in [1.29, 1.82) is 0 Å².